The van der Waals surface area contributed by atoms with Gasteiger partial charge in [0.15, 0.2) is 5.16 Å². The summed E-state index contributed by atoms with van der Waals surface area (Å²) in [5, 5.41) is 3.28. The Morgan fingerprint density at radius 1 is 1.17 bits per heavy atom. The molecule has 0 fully saturated rings. The van der Waals surface area contributed by atoms with Crippen molar-refractivity contribution in [3.63, 3.8) is 0 Å². The molecule has 2 aromatic carbocycles. The van der Waals surface area contributed by atoms with Crippen molar-refractivity contribution in [3.8, 4) is 22.7 Å². The molecule has 1 heterocycles. The van der Waals surface area contributed by atoms with Crippen molar-refractivity contribution in [2.75, 3.05) is 12.4 Å². The number of ether oxygens (including phenoxy) is 1. The van der Waals surface area contributed by atoms with Crippen molar-refractivity contribution >= 4 is 35.3 Å². The molecule has 3 rings (SSSR count). The number of carbonyl (C=O) groups excluding carboxylic acids is 2. The van der Waals surface area contributed by atoms with Gasteiger partial charge in [0.05, 0.1) is 24.3 Å². The molecule has 0 atom stereocenters. The molecule has 3 amide bonds. The van der Waals surface area contributed by atoms with Crippen LogP contribution in [0.15, 0.2) is 59.9 Å². The smallest absolute Gasteiger partial charge is 0.318 e. The highest BCUT2D eigenvalue weighted by Crippen LogP contribution is 2.31. The Labute approximate surface area is 177 Å². The number of urea groups is 1. The number of nitrogens with zero attached hydrogens (tertiary/aromatic N) is 2. The van der Waals surface area contributed by atoms with Gasteiger partial charge >= 0.3 is 6.03 Å². The molecule has 0 saturated heterocycles. The summed E-state index contributed by atoms with van der Waals surface area (Å²) >= 11 is 7.21. The number of aromatic nitrogens is 2. The van der Waals surface area contributed by atoms with E-state index in [0.29, 0.717) is 16.8 Å². The standard InChI is InChI=1S/C20H19ClN4O3S/c1-2-28-16-9-7-15(8-10-16)25-17(13-3-5-14(21)6-4-13)11-23-20(25)29-12-18(26)24-19(22)27/h3-11H,2,12H2,1H3,(H3,22,24,26,27). The van der Waals surface area contributed by atoms with Gasteiger partial charge < -0.3 is 10.5 Å². The van der Waals surface area contributed by atoms with Crippen LogP contribution in [0.1, 0.15) is 6.92 Å². The molecule has 150 valence electrons. The fraction of sp³-hybridized carbons (Fsp3) is 0.150. The van der Waals surface area contributed by atoms with E-state index in [1.165, 1.54) is 11.8 Å². The van der Waals surface area contributed by atoms with Gasteiger partial charge in [0.1, 0.15) is 5.75 Å². The van der Waals surface area contributed by atoms with E-state index >= 15 is 0 Å². The number of amides is 3. The van der Waals surface area contributed by atoms with E-state index in [0.717, 1.165) is 22.7 Å². The number of rotatable bonds is 7. The van der Waals surface area contributed by atoms with Crippen LogP contribution in [0.3, 0.4) is 0 Å². The minimum absolute atomic E-state index is 0.00294. The molecule has 7 nitrogen and oxygen atoms in total. The molecule has 0 bridgehead atoms. The van der Waals surface area contributed by atoms with E-state index in [9.17, 15) is 9.59 Å². The number of carbonyl (C=O) groups is 2. The number of benzene rings is 2. The second kappa shape index (κ2) is 9.49. The number of thioether (sulfide) groups is 1. The maximum absolute atomic E-state index is 11.8. The number of halogens is 1. The summed E-state index contributed by atoms with van der Waals surface area (Å²) in [4.78, 5) is 27.1. The number of imide groups is 1. The molecule has 29 heavy (non-hydrogen) atoms. The summed E-state index contributed by atoms with van der Waals surface area (Å²) in [6.45, 7) is 2.50. The molecule has 9 heteroatoms. The predicted molar refractivity (Wildman–Crippen MR) is 114 cm³/mol. The fourth-order valence-electron chi connectivity index (χ4n) is 2.67. The predicted octanol–water partition coefficient (Wildman–Crippen LogP) is 3.88. The lowest BCUT2D eigenvalue weighted by Crippen LogP contribution is -2.36. The van der Waals surface area contributed by atoms with Crippen LogP contribution in [0.25, 0.3) is 16.9 Å². The number of nitrogens with one attached hydrogen (secondary N) is 1. The highest BCUT2D eigenvalue weighted by Gasteiger charge is 2.16. The monoisotopic (exact) mass is 430 g/mol. The molecule has 0 aliphatic heterocycles. The molecule has 0 spiro atoms. The summed E-state index contributed by atoms with van der Waals surface area (Å²) in [5.74, 6) is 0.271. The largest absolute Gasteiger partial charge is 0.494 e. The van der Waals surface area contributed by atoms with Crippen LogP contribution < -0.4 is 15.8 Å². The van der Waals surface area contributed by atoms with Gasteiger partial charge in [-0.2, -0.15) is 0 Å². The Morgan fingerprint density at radius 2 is 1.86 bits per heavy atom. The van der Waals surface area contributed by atoms with Crippen LogP contribution in [0.2, 0.25) is 5.02 Å². The van der Waals surface area contributed by atoms with Crippen LogP contribution >= 0.6 is 23.4 Å². The minimum Gasteiger partial charge on any atom is -0.494 e. The van der Waals surface area contributed by atoms with Crippen molar-refractivity contribution in [2.45, 2.75) is 12.1 Å². The van der Waals surface area contributed by atoms with Gasteiger partial charge in [-0.25, -0.2) is 9.78 Å². The van der Waals surface area contributed by atoms with E-state index in [1.54, 1.807) is 18.3 Å². The zero-order valence-corrected chi connectivity index (χ0v) is 17.2. The molecule has 0 radical (unpaired) electrons. The zero-order chi connectivity index (χ0) is 20.8. The van der Waals surface area contributed by atoms with Gasteiger partial charge in [-0.3, -0.25) is 14.7 Å². The summed E-state index contributed by atoms with van der Waals surface area (Å²) in [5.41, 5.74) is 7.60. The highest BCUT2D eigenvalue weighted by molar-refractivity contribution is 7.99. The Morgan fingerprint density at radius 3 is 2.48 bits per heavy atom. The molecule has 1 aromatic heterocycles. The number of hydrogen-bond acceptors (Lipinski definition) is 5. The average Bonchev–Trinajstić information content (AvgIpc) is 3.11. The van der Waals surface area contributed by atoms with Gasteiger partial charge in [0.25, 0.3) is 0 Å². The highest BCUT2D eigenvalue weighted by atomic mass is 35.5. The van der Waals surface area contributed by atoms with Gasteiger partial charge in [-0.15, -0.1) is 0 Å². The molecule has 0 saturated carbocycles. The molecule has 3 N–H and O–H groups in total. The summed E-state index contributed by atoms with van der Waals surface area (Å²) in [7, 11) is 0. The maximum atomic E-state index is 11.8. The van der Waals surface area contributed by atoms with E-state index in [2.05, 4.69) is 4.98 Å². The van der Waals surface area contributed by atoms with Crippen molar-refractivity contribution < 1.29 is 14.3 Å². The first kappa shape index (κ1) is 20.8. The molecule has 3 aromatic rings. The first-order valence-electron chi connectivity index (χ1n) is 8.77. The van der Waals surface area contributed by atoms with Crippen LogP contribution in [-0.2, 0) is 4.79 Å². The lowest BCUT2D eigenvalue weighted by molar-refractivity contribution is -0.117. The van der Waals surface area contributed by atoms with E-state index in [-0.39, 0.29) is 5.75 Å². The fourth-order valence-corrected chi connectivity index (χ4v) is 3.59. The number of nitrogens with two attached hydrogens (primary N) is 1. The second-order valence-electron chi connectivity index (χ2n) is 5.90. The molecule has 0 aliphatic carbocycles. The van der Waals surface area contributed by atoms with Crippen molar-refractivity contribution in [1.82, 2.24) is 14.9 Å². The summed E-state index contributed by atoms with van der Waals surface area (Å²) < 4.78 is 7.44. The van der Waals surface area contributed by atoms with E-state index in [1.807, 2.05) is 53.2 Å². The third kappa shape index (κ3) is 5.30. The summed E-state index contributed by atoms with van der Waals surface area (Å²) in [6.07, 6.45) is 1.73. The Hall–Kier alpha value is -2.97. The van der Waals surface area contributed by atoms with Crippen molar-refractivity contribution in [3.05, 3.63) is 59.8 Å². The van der Waals surface area contributed by atoms with Crippen LogP contribution in [0, 0.1) is 0 Å². The van der Waals surface area contributed by atoms with Crippen LogP contribution in [0.4, 0.5) is 4.79 Å². The Bertz CT molecular complexity index is 1000. The third-order valence-electron chi connectivity index (χ3n) is 3.87. The Balaban J connectivity index is 1.96. The van der Waals surface area contributed by atoms with E-state index < -0.39 is 11.9 Å². The maximum Gasteiger partial charge on any atom is 0.318 e. The van der Waals surface area contributed by atoms with Gasteiger partial charge in [0, 0.05) is 16.3 Å². The molecular weight excluding hydrogens is 412 g/mol. The molecule has 0 unspecified atom stereocenters. The normalized spacial score (nSPS) is 10.6. The van der Waals surface area contributed by atoms with Gasteiger partial charge in [-0.05, 0) is 43.3 Å². The van der Waals surface area contributed by atoms with E-state index in [4.69, 9.17) is 22.1 Å². The third-order valence-corrected chi connectivity index (χ3v) is 5.08. The number of imidazole rings is 1. The lowest BCUT2D eigenvalue weighted by Gasteiger charge is -2.13. The van der Waals surface area contributed by atoms with Gasteiger partial charge in [0.2, 0.25) is 5.91 Å². The summed E-state index contributed by atoms with van der Waals surface area (Å²) in [6, 6.07) is 14.1. The number of hydrogen-bond donors (Lipinski definition) is 2. The first-order valence-corrected chi connectivity index (χ1v) is 10.1. The Kier molecular flexibility index (Phi) is 6.79. The van der Waals surface area contributed by atoms with Crippen molar-refractivity contribution in [1.29, 1.82) is 0 Å². The van der Waals surface area contributed by atoms with Crippen molar-refractivity contribution in [2.24, 2.45) is 5.73 Å². The van der Waals surface area contributed by atoms with Crippen LogP contribution in [0.5, 0.6) is 5.75 Å². The number of primary amides is 1. The molecular formula is C20H19ClN4O3S. The van der Waals surface area contributed by atoms with Crippen LogP contribution in [-0.4, -0.2) is 33.8 Å². The SMILES string of the molecule is CCOc1ccc(-n2c(-c3ccc(Cl)cc3)cnc2SCC(=O)NC(N)=O)cc1. The zero-order valence-electron chi connectivity index (χ0n) is 15.6. The average molecular weight is 431 g/mol. The second-order valence-corrected chi connectivity index (χ2v) is 7.28. The minimum atomic E-state index is -0.882. The quantitative estimate of drug-likeness (QED) is 0.554. The molecule has 0 aliphatic rings. The first-order chi connectivity index (χ1) is 14.0. The van der Waals surface area contributed by atoms with Gasteiger partial charge in [-0.1, -0.05) is 35.5 Å². The lowest BCUT2D eigenvalue weighted by atomic mass is 10.1. The topological polar surface area (TPSA) is 99.2 Å².